The summed E-state index contributed by atoms with van der Waals surface area (Å²) in [6.07, 6.45) is 3.07. The number of thiazole rings is 1. The zero-order valence-corrected chi connectivity index (χ0v) is 15.0. The molecule has 126 valence electrons. The molecule has 1 saturated heterocycles. The van der Waals surface area contributed by atoms with Crippen LogP contribution < -0.4 is 10.6 Å². The summed E-state index contributed by atoms with van der Waals surface area (Å²) in [7, 11) is 0. The van der Waals surface area contributed by atoms with E-state index in [2.05, 4.69) is 28.6 Å². The van der Waals surface area contributed by atoms with E-state index in [0.717, 1.165) is 23.6 Å². The molecule has 2 heterocycles. The highest BCUT2D eigenvalue weighted by Crippen LogP contribution is 2.23. The summed E-state index contributed by atoms with van der Waals surface area (Å²) in [5.41, 5.74) is 1.01. The second kappa shape index (κ2) is 8.62. The molecule has 4 nitrogen and oxygen atoms in total. The largest absolute Gasteiger partial charge is 0.350 e. The van der Waals surface area contributed by atoms with Crippen molar-refractivity contribution in [3.05, 3.63) is 29.3 Å². The van der Waals surface area contributed by atoms with Crippen molar-refractivity contribution < 1.29 is 4.79 Å². The highest BCUT2D eigenvalue weighted by Gasteiger charge is 2.21. The second-order valence-corrected chi connectivity index (χ2v) is 7.26. The van der Waals surface area contributed by atoms with E-state index >= 15 is 0 Å². The van der Waals surface area contributed by atoms with Crippen molar-refractivity contribution in [2.45, 2.75) is 32.7 Å². The van der Waals surface area contributed by atoms with Crippen LogP contribution >= 0.6 is 23.7 Å². The van der Waals surface area contributed by atoms with Crippen molar-refractivity contribution in [1.29, 1.82) is 0 Å². The molecule has 2 unspecified atom stereocenters. The molecule has 0 aliphatic carbocycles. The SMILES string of the molecule is CC(CC(=O)NCc1nc2ccccc2s1)C1CCCNC1.Cl. The molecule has 2 atom stereocenters. The summed E-state index contributed by atoms with van der Waals surface area (Å²) >= 11 is 1.65. The monoisotopic (exact) mass is 353 g/mol. The van der Waals surface area contributed by atoms with Gasteiger partial charge in [-0.1, -0.05) is 19.1 Å². The van der Waals surface area contributed by atoms with Gasteiger partial charge >= 0.3 is 0 Å². The van der Waals surface area contributed by atoms with Crippen LogP contribution in [0.25, 0.3) is 10.2 Å². The Morgan fingerprint density at radius 1 is 1.48 bits per heavy atom. The first-order valence-corrected chi connectivity index (χ1v) is 8.86. The standard InChI is InChI=1S/C17H23N3OS.ClH/c1-12(13-5-4-8-18-10-13)9-16(21)19-11-17-20-14-6-2-3-7-15(14)22-17;/h2-3,6-7,12-13,18H,4-5,8-11H2,1H3,(H,19,21);1H. The van der Waals surface area contributed by atoms with Crippen molar-refractivity contribution >= 4 is 39.9 Å². The number of benzene rings is 1. The van der Waals surface area contributed by atoms with Crippen LogP contribution in [0, 0.1) is 11.8 Å². The number of nitrogens with one attached hydrogen (secondary N) is 2. The predicted octanol–water partition coefficient (Wildman–Crippen LogP) is 3.36. The molecule has 0 saturated carbocycles. The minimum Gasteiger partial charge on any atom is -0.350 e. The normalized spacial score (nSPS) is 19.1. The van der Waals surface area contributed by atoms with Gasteiger partial charge in [-0.2, -0.15) is 0 Å². The molecule has 6 heteroatoms. The highest BCUT2D eigenvalue weighted by atomic mass is 35.5. The van der Waals surface area contributed by atoms with Crippen LogP contribution in [-0.2, 0) is 11.3 Å². The lowest BCUT2D eigenvalue weighted by molar-refractivity contribution is -0.122. The van der Waals surface area contributed by atoms with Gasteiger partial charge in [-0.3, -0.25) is 4.79 Å². The molecule has 23 heavy (non-hydrogen) atoms. The number of carbonyl (C=O) groups is 1. The lowest BCUT2D eigenvalue weighted by Crippen LogP contribution is -2.35. The summed E-state index contributed by atoms with van der Waals surface area (Å²) in [5.74, 6) is 1.20. The molecule has 3 rings (SSSR count). The smallest absolute Gasteiger partial charge is 0.220 e. The van der Waals surface area contributed by atoms with Gasteiger partial charge in [-0.25, -0.2) is 4.98 Å². The van der Waals surface area contributed by atoms with Crippen LogP contribution in [0.1, 0.15) is 31.2 Å². The summed E-state index contributed by atoms with van der Waals surface area (Å²) in [6, 6.07) is 8.08. The number of aromatic nitrogens is 1. The first-order valence-electron chi connectivity index (χ1n) is 8.04. The number of hydrogen-bond acceptors (Lipinski definition) is 4. The molecule has 0 bridgehead atoms. The Morgan fingerprint density at radius 2 is 2.30 bits per heavy atom. The van der Waals surface area contributed by atoms with Gasteiger partial charge in [0.2, 0.25) is 5.91 Å². The topological polar surface area (TPSA) is 54.0 Å². The third-order valence-corrected chi connectivity index (χ3v) is 5.46. The number of piperidine rings is 1. The van der Waals surface area contributed by atoms with Gasteiger partial charge in [-0.15, -0.1) is 23.7 Å². The van der Waals surface area contributed by atoms with Gasteiger partial charge in [0.1, 0.15) is 5.01 Å². The second-order valence-electron chi connectivity index (χ2n) is 6.14. The molecule has 0 radical (unpaired) electrons. The molecule has 1 amide bonds. The zero-order chi connectivity index (χ0) is 15.4. The molecule has 1 aliphatic heterocycles. The fourth-order valence-electron chi connectivity index (χ4n) is 3.07. The van der Waals surface area contributed by atoms with Gasteiger partial charge in [0.25, 0.3) is 0 Å². The van der Waals surface area contributed by atoms with Crippen molar-refractivity contribution in [2.24, 2.45) is 11.8 Å². The van der Waals surface area contributed by atoms with Crippen LogP contribution in [-0.4, -0.2) is 24.0 Å². The maximum atomic E-state index is 12.1. The van der Waals surface area contributed by atoms with E-state index in [1.807, 2.05) is 18.2 Å². The molecule has 1 aromatic heterocycles. The van der Waals surface area contributed by atoms with Crippen molar-refractivity contribution in [2.75, 3.05) is 13.1 Å². The Kier molecular flexibility index (Phi) is 6.81. The maximum Gasteiger partial charge on any atom is 0.220 e. The zero-order valence-electron chi connectivity index (χ0n) is 13.4. The lowest BCUT2D eigenvalue weighted by atomic mass is 9.85. The molecule has 2 N–H and O–H groups in total. The number of halogens is 1. The first-order chi connectivity index (χ1) is 10.7. The summed E-state index contributed by atoms with van der Waals surface area (Å²) < 4.78 is 1.17. The molecule has 1 fully saturated rings. The third-order valence-electron chi connectivity index (χ3n) is 4.42. The van der Waals surface area contributed by atoms with Crippen LogP contribution in [0.15, 0.2) is 24.3 Å². The van der Waals surface area contributed by atoms with Crippen molar-refractivity contribution in [1.82, 2.24) is 15.6 Å². The third kappa shape index (κ3) is 4.90. The quantitative estimate of drug-likeness (QED) is 0.866. The van der Waals surface area contributed by atoms with E-state index in [4.69, 9.17) is 0 Å². The Bertz CT molecular complexity index is 607. The number of hydrogen-bond donors (Lipinski definition) is 2. The number of amides is 1. The maximum absolute atomic E-state index is 12.1. The molecule has 2 aromatic rings. The van der Waals surface area contributed by atoms with E-state index in [1.165, 1.54) is 17.5 Å². The molecular formula is C17H24ClN3OS. The summed E-state index contributed by atoms with van der Waals surface area (Å²) in [6.45, 7) is 4.89. The van der Waals surface area contributed by atoms with Crippen molar-refractivity contribution in [3.8, 4) is 0 Å². The number of para-hydroxylation sites is 1. The van der Waals surface area contributed by atoms with Crippen LogP contribution in [0.5, 0.6) is 0 Å². The minimum absolute atomic E-state index is 0. The van der Waals surface area contributed by atoms with Crippen LogP contribution in [0.2, 0.25) is 0 Å². The van der Waals surface area contributed by atoms with Crippen LogP contribution in [0.3, 0.4) is 0 Å². The van der Waals surface area contributed by atoms with Gasteiger partial charge in [0.05, 0.1) is 16.8 Å². The predicted molar refractivity (Wildman–Crippen MR) is 98.1 cm³/mol. The minimum atomic E-state index is 0. The number of carbonyl (C=O) groups excluding carboxylic acids is 1. The molecule has 0 spiro atoms. The van der Waals surface area contributed by atoms with Gasteiger partial charge < -0.3 is 10.6 Å². The van der Waals surface area contributed by atoms with E-state index in [1.54, 1.807) is 11.3 Å². The van der Waals surface area contributed by atoms with Gasteiger partial charge in [-0.05, 0) is 49.9 Å². The number of fused-ring (bicyclic) bond motifs is 1. The Hall–Kier alpha value is -1.17. The molecule has 1 aromatic carbocycles. The number of nitrogens with zero attached hydrogens (tertiary/aromatic N) is 1. The fourth-order valence-corrected chi connectivity index (χ4v) is 3.97. The average Bonchev–Trinajstić information content (AvgIpc) is 2.96. The fraction of sp³-hybridized carbons (Fsp3) is 0.529. The Morgan fingerprint density at radius 3 is 3.04 bits per heavy atom. The number of rotatable bonds is 5. The Labute approximate surface area is 147 Å². The Balaban J connectivity index is 0.00000192. The average molecular weight is 354 g/mol. The summed E-state index contributed by atoms with van der Waals surface area (Å²) in [4.78, 5) is 16.7. The lowest BCUT2D eigenvalue weighted by Gasteiger charge is -2.27. The van der Waals surface area contributed by atoms with Gasteiger partial charge in [0, 0.05) is 6.42 Å². The summed E-state index contributed by atoms with van der Waals surface area (Å²) in [5, 5.41) is 7.41. The van der Waals surface area contributed by atoms with E-state index < -0.39 is 0 Å². The van der Waals surface area contributed by atoms with E-state index in [0.29, 0.717) is 24.8 Å². The van der Waals surface area contributed by atoms with Crippen molar-refractivity contribution in [3.63, 3.8) is 0 Å². The first kappa shape index (κ1) is 18.2. The van der Waals surface area contributed by atoms with E-state index in [9.17, 15) is 4.79 Å². The van der Waals surface area contributed by atoms with Gasteiger partial charge in [0.15, 0.2) is 0 Å². The van der Waals surface area contributed by atoms with E-state index in [-0.39, 0.29) is 18.3 Å². The van der Waals surface area contributed by atoms with Crippen LogP contribution in [0.4, 0.5) is 0 Å². The molecular weight excluding hydrogens is 330 g/mol. The molecule has 1 aliphatic rings. The highest BCUT2D eigenvalue weighted by molar-refractivity contribution is 7.18.